The number of amides is 1. The van der Waals surface area contributed by atoms with E-state index in [4.69, 9.17) is 0 Å². The Hall–Kier alpha value is -1.49. The summed E-state index contributed by atoms with van der Waals surface area (Å²) in [5.41, 5.74) is 0.266. The highest BCUT2D eigenvalue weighted by molar-refractivity contribution is 5.77. The van der Waals surface area contributed by atoms with Crippen molar-refractivity contribution >= 4 is 5.91 Å². The fourth-order valence-corrected chi connectivity index (χ4v) is 2.74. The van der Waals surface area contributed by atoms with E-state index in [1.807, 2.05) is 11.9 Å². The quantitative estimate of drug-likeness (QED) is 0.897. The number of hydrogen-bond acceptors (Lipinski definition) is 2. The first-order chi connectivity index (χ1) is 9.63. The van der Waals surface area contributed by atoms with Crippen molar-refractivity contribution in [3.8, 4) is 0 Å². The molecule has 110 valence electrons. The number of carbonyl (C=O) groups is 1. The molecule has 1 saturated heterocycles. The van der Waals surface area contributed by atoms with Crippen LogP contribution in [0.25, 0.3) is 0 Å². The van der Waals surface area contributed by atoms with Crippen molar-refractivity contribution in [2.24, 2.45) is 0 Å². The first-order valence-electron chi connectivity index (χ1n) is 7.00. The van der Waals surface area contributed by atoms with Crippen LogP contribution in [0.15, 0.2) is 18.2 Å². The number of nitrogens with one attached hydrogen (secondary N) is 1. The van der Waals surface area contributed by atoms with E-state index in [0.717, 1.165) is 32.0 Å². The van der Waals surface area contributed by atoms with Crippen molar-refractivity contribution in [1.29, 1.82) is 0 Å². The van der Waals surface area contributed by atoms with Gasteiger partial charge in [0.05, 0.1) is 0 Å². The maximum absolute atomic E-state index is 13.5. The van der Waals surface area contributed by atoms with Crippen LogP contribution < -0.4 is 5.32 Å². The van der Waals surface area contributed by atoms with Crippen molar-refractivity contribution in [2.75, 3.05) is 20.1 Å². The molecule has 1 fully saturated rings. The van der Waals surface area contributed by atoms with Gasteiger partial charge in [0.15, 0.2) is 11.6 Å². The zero-order valence-electron chi connectivity index (χ0n) is 11.7. The summed E-state index contributed by atoms with van der Waals surface area (Å²) in [5.74, 6) is -1.68. The lowest BCUT2D eigenvalue weighted by Gasteiger charge is -2.24. The van der Waals surface area contributed by atoms with Crippen LogP contribution in [0.5, 0.6) is 0 Å². The molecular formula is C15H20F2N2O. The first-order valence-corrected chi connectivity index (χ1v) is 7.00. The number of carbonyl (C=O) groups excluding carboxylic acids is 1. The molecule has 5 heteroatoms. The standard InChI is InChI=1S/C15H20F2N2O/c1-18-10-12-5-3-9-19(12)14(20)8-7-11-4-2-6-13(16)15(11)17/h2,4,6,12,18H,3,5,7-10H2,1H3. The van der Waals surface area contributed by atoms with E-state index >= 15 is 0 Å². The second kappa shape index (κ2) is 6.79. The van der Waals surface area contributed by atoms with Crippen molar-refractivity contribution < 1.29 is 13.6 Å². The molecule has 2 rings (SSSR count). The molecule has 1 atom stereocenters. The third-order valence-corrected chi connectivity index (χ3v) is 3.78. The van der Waals surface area contributed by atoms with E-state index in [2.05, 4.69) is 5.32 Å². The third kappa shape index (κ3) is 3.33. The minimum atomic E-state index is -0.857. The summed E-state index contributed by atoms with van der Waals surface area (Å²) in [7, 11) is 1.86. The molecule has 3 nitrogen and oxygen atoms in total. The zero-order valence-corrected chi connectivity index (χ0v) is 11.7. The van der Waals surface area contributed by atoms with Gasteiger partial charge in [-0.3, -0.25) is 4.79 Å². The van der Waals surface area contributed by atoms with Crippen LogP contribution in [0.3, 0.4) is 0 Å². The van der Waals surface area contributed by atoms with Gasteiger partial charge in [0.1, 0.15) is 0 Å². The molecular weight excluding hydrogens is 262 g/mol. The number of benzene rings is 1. The van der Waals surface area contributed by atoms with E-state index in [0.29, 0.717) is 0 Å². The van der Waals surface area contributed by atoms with Crippen LogP contribution in [0.4, 0.5) is 8.78 Å². The molecule has 0 radical (unpaired) electrons. The molecule has 1 aromatic rings. The molecule has 1 amide bonds. The Balaban J connectivity index is 1.93. The summed E-state index contributed by atoms with van der Waals surface area (Å²) in [6.07, 6.45) is 2.47. The van der Waals surface area contributed by atoms with Crippen molar-refractivity contribution in [2.45, 2.75) is 31.7 Å². The summed E-state index contributed by atoms with van der Waals surface area (Å²) >= 11 is 0. The largest absolute Gasteiger partial charge is 0.338 e. The van der Waals surface area contributed by atoms with Crippen molar-refractivity contribution in [3.05, 3.63) is 35.4 Å². The molecule has 0 bridgehead atoms. The molecule has 0 spiro atoms. The van der Waals surface area contributed by atoms with E-state index in [9.17, 15) is 13.6 Å². The third-order valence-electron chi connectivity index (χ3n) is 3.78. The maximum Gasteiger partial charge on any atom is 0.223 e. The summed E-state index contributed by atoms with van der Waals surface area (Å²) < 4.78 is 26.6. The number of halogens is 2. The average molecular weight is 282 g/mol. The molecule has 20 heavy (non-hydrogen) atoms. The normalized spacial score (nSPS) is 18.6. The molecule has 1 aliphatic heterocycles. The number of rotatable bonds is 5. The van der Waals surface area contributed by atoms with E-state index in [1.165, 1.54) is 12.1 Å². The van der Waals surface area contributed by atoms with Gasteiger partial charge < -0.3 is 10.2 Å². The second-order valence-corrected chi connectivity index (χ2v) is 5.15. The molecule has 1 unspecified atom stereocenters. The molecule has 1 aromatic carbocycles. The van der Waals surface area contributed by atoms with Gasteiger partial charge in [-0.1, -0.05) is 12.1 Å². The molecule has 1 heterocycles. The minimum absolute atomic E-state index is 0.0198. The number of likely N-dealkylation sites (N-methyl/N-ethyl adjacent to an activating group) is 1. The predicted octanol–water partition coefficient (Wildman–Crippen LogP) is 2.11. The Morgan fingerprint density at radius 2 is 2.25 bits per heavy atom. The number of hydrogen-bond donors (Lipinski definition) is 1. The molecule has 0 aliphatic carbocycles. The monoisotopic (exact) mass is 282 g/mol. The van der Waals surface area contributed by atoms with Crippen LogP contribution in [0.1, 0.15) is 24.8 Å². The lowest BCUT2D eigenvalue weighted by molar-refractivity contribution is -0.131. The van der Waals surface area contributed by atoms with Gasteiger partial charge in [0, 0.05) is 25.6 Å². The van der Waals surface area contributed by atoms with Crippen LogP contribution >= 0.6 is 0 Å². The lowest BCUT2D eigenvalue weighted by atomic mass is 10.1. The van der Waals surface area contributed by atoms with Crippen molar-refractivity contribution in [3.63, 3.8) is 0 Å². The number of aryl methyl sites for hydroxylation is 1. The Labute approximate surface area is 118 Å². The van der Waals surface area contributed by atoms with Gasteiger partial charge in [-0.15, -0.1) is 0 Å². The van der Waals surface area contributed by atoms with Gasteiger partial charge in [0.2, 0.25) is 5.91 Å². The number of likely N-dealkylation sites (tertiary alicyclic amines) is 1. The summed E-state index contributed by atoms with van der Waals surface area (Å²) in [5, 5.41) is 3.08. The van der Waals surface area contributed by atoms with E-state index in [-0.39, 0.29) is 30.4 Å². The Bertz CT molecular complexity index is 479. The number of nitrogens with zero attached hydrogens (tertiary/aromatic N) is 1. The summed E-state index contributed by atoms with van der Waals surface area (Å²) in [6, 6.07) is 4.31. The van der Waals surface area contributed by atoms with E-state index < -0.39 is 11.6 Å². The highest BCUT2D eigenvalue weighted by Gasteiger charge is 2.27. The smallest absolute Gasteiger partial charge is 0.223 e. The molecule has 1 aliphatic rings. The van der Waals surface area contributed by atoms with Gasteiger partial charge in [-0.05, 0) is 37.9 Å². The average Bonchev–Trinajstić information content (AvgIpc) is 2.89. The van der Waals surface area contributed by atoms with Crippen LogP contribution in [0, 0.1) is 11.6 Å². The van der Waals surface area contributed by atoms with Gasteiger partial charge in [-0.2, -0.15) is 0 Å². The highest BCUT2D eigenvalue weighted by atomic mass is 19.2. The predicted molar refractivity (Wildman–Crippen MR) is 73.3 cm³/mol. The molecule has 1 N–H and O–H groups in total. The SMILES string of the molecule is CNCC1CCCN1C(=O)CCc1cccc(F)c1F. The zero-order chi connectivity index (χ0) is 14.5. The van der Waals surface area contributed by atoms with Gasteiger partial charge in [0.25, 0.3) is 0 Å². The van der Waals surface area contributed by atoms with Crippen LogP contribution in [0.2, 0.25) is 0 Å². The fraction of sp³-hybridized carbons (Fsp3) is 0.533. The molecule has 0 aromatic heterocycles. The van der Waals surface area contributed by atoms with Crippen molar-refractivity contribution in [1.82, 2.24) is 10.2 Å². The Morgan fingerprint density at radius 1 is 1.45 bits per heavy atom. The van der Waals surface area contributed by atoms with Gasteiger partial charge >= 0.3 is 0 Å². The second-order valence-electron chi connectivity index (χ2n) is 5.15. The minimum Gasteiger partial charge on any atom is -0.338 e. The topological polar surface area (TPSA) is 32.3 Å². The Kier molecular flexibility index (Phi) is 5.06. The van der Waals surface area contributed by atoms with Crippen LogP contribution in [-0.4, -0.2) is 37.0 Å². The van der Waals surface area contributed by atoms with E-state index in [1.54, 1.807) is 0 Å². The fourth-order valence-electron chi connectivity index (χ4n) is 2.74. The summed E-state index contributed by atoms with van der Waals surface area (Å²) in [4.78, 5) is 14.0. The first kappa shape index (κ1) is 14.9. The Morgan fingerprint density at radius 3 is 3.00 bits per heavy atom. The highest BCUT2D eigenvalue weighted by Crippen LogP contribution is 2.19. The van der Waals surface area contributed by atoms with Crippen LogP contribution in [-0.2, 0) is 11.2 Å². The molecule has 0 saturated carbocycles. The maximum atomic E-state index is 13.5. The van der Waals surface area contributed by atoms with Gasteiger partial charge in [-0.25, -0.2) is 8.78 Å². The lowest BCUT2D eigenvalue weighted by Crippen LogP contribution is -2.40. The summed E-state index contributed by atoms with van der Waals surface area (Å²) in [6.45, 7) is 1.54.